The van der Waals surface area contributed by atoms with Crippen LogP contribution in [0, 0.1) is 0 Å². The molecule has 0 saturated heterocycles. The Kier molecular flexibility index (Phi) is 2.48. The Morgan fingerprint density at radius 1 is 1.73 bits per heavy atom. The molecule has 0 aliphatic heterocycles. The number of hydrogen-bond acceptors (Lipinski definition) is 5. The number of oxazole rings is 1. The number of nitrogens with zero attached hydrogens (tertiary/aromatic N) is 1. The average molecular weight is 177 g/mol. The highest BCUT2D eigenvalue weighted by Gasteiger charge is 2.02. The van der Waals surface area contributed by atoms with Crippen molar-refractivity contribution in [2.75, 3.05) is 0 Å². The molecule has 0 spiro atoms. The van der Waals surface area contributed by atoms with Crippen LogP contribution in [0.4, 0.5) is 0 Å². The predicted octanol–water partition coefficient (Wildman–Crippen LogP) is 0.142. The van der Waals surface area contributed by atoms with Crippen molar-refractivity contribution in [2.45, 2.75) is 13.3 Å². The van der Waals surface area contributed by atoms with Crippen LogP contribution in [-0.2, 0) is 17.4 Å². The van der Waals surface area contributed by atoms with Gasteiger partial charge in [0.1, 0.15) is 6.26 Å². The molecule has 0 bridgehead atoms. The second-order valence-electron chi connectivity index (χ2n) is 1.77. The summed E-state index contributed by atoms with van der Waals surface area (Å²) in [6, 6.07) is 0. The third kappa shape index (κ3) is 2.23. The van der Waals surface area contributed by atoms with Crippen LogP contribution in [0.15, 0.2) is 10.7 Å². The quantitative estimate of drug-likeness (QED) is 0.665. The summed E-state index contributed by atoms with van der Waals surface area (Å²) in [6.45, 7) is 1.87. The molecule has 1 aromatic heterocycles. The third-order valence-corrected chi connectivity index (χ3v) is 1.35. The molecule has 1 rings (SSSR count). The van der Waals surface area contributed by atoms with Crippen LogP contribution in [0.3, 0.4) is 0 Å². The monoisotopic (exact) mass is 177 g/mol. The molecule has 1 heterocycles. The van der Waals surface area contributed by atoms with Crippen LogP contribution in [0.25, 0.3) is 0 Å². The fourth-order valence-corrected chi connectivity index (χ4v) is 0.768. The molecule has 0 unspecified atom stereocenters. The number of rotatable bonds is 3. The predicted molar refractivity (Wildman–Crippen MR) is 36.8 cm³/mol. The van der Waals surface area contributed by atoms with E-state index in [4.69, 9.17) is 0 Å². The lowest BCUT2D eigenvalue weighted by Gasteiger charge is -1.84. The van der Waals surface area contributed by atoms with Gasteiger partial charge in [-0.05, 0) is 6.42 Å². The number of aryl methyl sites for hydroxylation is 1. The van der Waals surface area contributed by atoms with Gasteiger partial charge < -0.3 is 8.60 Å². The topological polar surface area (TPSA) is 69.4 Å². The van der Waals surface area contributed by atoms with E-state index < -0.39 is 11.0 Å². The Balaban J connectivity index is 2.72. The van der Waals surface area contributed by atoms with E-state index in [0.29, 0.717) is 12.1 Å². The van der Waals surface area contributed by atoms with Crippen LogP contribution in [0.2, 0.25) is 0 Å². The summed E-state index contributed by atoms with van der Waals surface area (Å²) < 4.78 is 28.8. The first-order chi connectivity index (χ1) is 5.22. The van der Waals surface area contributed by atoms with Crippen molar-refractivity contribution in [3.63, 3.8) is 0 Å². The summed E-state index contributed by atoms with van der Waals surface area (Å²) in [5, 5.41) is 0. The van der Waals surface area contributed by atoms with Gasteiger partial charge in [0.2, 0.25) is 0 Å². The normalized spacial score (nSPS) is 10.4. The fourth-order valence-electron chi connectivity index (χ4n) is 0.556. The van der Waals surface area contributed by atoms with Crippen molar-refractivity contribution in [1.29, 1.82) is 0 Å². The molecule has 0 fully saturated rings. The van der Waals surface area contributed by atoms with E-state index in [1.807, 2.05) is 6.92 Å². The molecule has 0 radical (unpaired) electrons. The third-order valence-electron chi connectivity index (χ3n) is 1.05. The Hall–Kier alpha value is -1.04. The van der Waals surface area contributed by atoms with Gasteiger partial charge in [-0.1, -0.05) is 6.92 Å². The lowest BCUT2D eigenvalue weighted by Crippen LogP contribution is -1.89. The molecule has 0 N–H and O–H groups in total. The first-order valence-electron chi connectivity index (χ1n) is 2.99. The van der Waals surface area contributed by atoms with Crippen molar-refractivity contribution < 1.29 is 17.0 Å². The molecule has 5 nitrogen and oxygen atoms in total. The van der Waals surface area contributed by atoms with Gasteiger partial charge in [0.05, 0.1) is 5.69 Å². The van der Waals surface area contributed by atoms with Crippen LogP contribution in [0.1, 0.15) is 12.6 Å². The molecular formula is C5H7NO4S. The van der Waals surface area contributed by atoms with Crippen molar-refractivity contribution in [2.24, 2.45) is 0 Å². The molecule has 0 atom stereocenters. The zero-order chi connectivity index (χ0) is 8.27. The van der Waals surface area contributed by atoms with Crippen LogP contribution in [0.5, 0.6) is 6.08 Å². The van der Waals surface area contributed by atoms with E-state index in [0.717, 1.165) is 0 Å². The SMILES string of the molecule is CCc1coc(O[SH](=O)=O)n1. The summed E-state index contributed by atoms with van der Waals surface area (Å²) in [7, 11) is -2.92. The smallest absolute Gasteiger partial charge is 0.409 e. The van der Waals surface area contributed by atoms with Crippen LogP contribution in [-0.4, -0.2) is 13.4 Å². The van der Waals surface area contributed by atoms with Gasteiger partial charge in [0.15, 0.2) is 0 Å². The first kappa shape index (κ1) is 8.06. The Morgan fingerprint density at radius 2 is 2.45 bits per heavy atom. The highest BCUT2D eigenvalue weighted by molar-refractivity contribution is 7.67. The van der Waals surface area contributed by atoms with Gasteiger partial charge in [-0.2, -0.15) is 13.4 Å². The van der Waals surface area contributed by atoms with Crippen molar-refractivity contribution >= 4 is 11.0 Å². The molecule has 0 saturated carbocycles. The highest BCUT2D eigenvalue weighted by Crippen LogP contribution is 2.09. The largest absolute Gasteiger partial charge is 0.416 e. The first-order valence-corrected chi connectivity index (χ1v) is 4.08. The minimum atomic E-state index is -2.92. The summed E-state index contributed by atoms with van der Waals surface area (Å²) in [4.78, 5) is 3.70. The Labute approximate surface area is 65.2 Å². The maximum absolute atomic E-state index is 9.98. The maximum atomic E-state index is 9.98. The minimum Gasteiger partial charge on any atom is -0.416 e. The van der Waals surface area contributed by atoms with Crippen LogP contribution < -0.4 is 4.18 Å². The van der Waals surface area contributed by atoms with Crippen LogP contribution >= 0.6 is 0 Å². The maximum Gasteiger partial charge on any atom is 0.409 e. The zero-order valence-corrected chi connectivity index (χ0v) is 6.71. The Bertz CT molecular complexity index is 295. The molecule has 0 aromatic carbocycles. The summed E-state index contributed by atoms with van der Waals surface area (Å²) in [6.07, 6.45) is 1.81. The van der Waals surface area contributed by atoms with Gasteiger partial charge in [0.25, 0.3) is 0 Å². The van der Waals surface area contributed by atoms with E-state index in [-0.39, 0.29) is 6.08 Å². The summed E-state index contributed by atoms with van der Waals surface area (Å²) in [5.41, 5.74) is 0.664. The molecule has 0 amide bonds. The molecule has 6 heteroatoms. The van der Waals surface area contributed by atoms with E-state index in [1.54, 1.807) is 0 Å². The van der Waals surface area contributed by atoms with E-state index in [1.165, 1.54) is 6.26 Å². The minimum absolute atomic E-state index is 0.224. The molecule has 0 aliphatic carbocycles. The standard InChI is InChI=1S/C5H7NO4S/c1-2-4-3-9-5(6-4)10-11(7)8/h3,11H,2H2,1H3. The highest BCUT2D eigenvalue weighted by atomic mass is 32.2. The lowest BCUT2D eigenvalue weighted by atomic mass is 10.4. The second-order valence-corrected chi connectivity index (χ2v) is 2.40. The average Bonchev–Trinajstić information content (AvgIpc) is 2.34. The van der Waals surface area contributed by atoms with E-state index in [9.17, 15) is 8.42 Å². The van der Waals surface area contributed by atoms with E-state index >= 15 is 0 Å². The molecule has 11 heavy (non-hydrogen) atoms. The van der Waals surface area contributed by atoms with Crippen molar-refractivity contribution in [1.82, 2.24) is 4.98 Å². The van der Waals surface area contributed by atoms with Gasteiger partial charge in [-0.3, -0.25) is 0 Å². The number of thiol groups is 1. The second kappa shape index (κ2) is 3.38. The molecule has 62 valence electrons. The van der Waals surface area contributed by atoms with Gasteiger partial charge in [-0.25, -0.2) is 0 Å². The molecular weight excluding hydrogens is 170 g/mol. The van der Waals surface area contributed by atoms with Gasteiger partial charge in [-0.15, -0.1) is 0 Å². The Morgan fingerprint density at radius 3 is 2.91 bits per heavy atom. The van der Waals surface area contributed by atoms with Gasteiger partial charge in [0, 0.05) is 0 Å². The fraction of sp³-hybridized carbons (Fsp3) is 0.400. The summed E-state index contributed by atoms with van der Waals surface area (Å²) >= 11 is 0. The number of hydrogen-bond donors (Lipinski definition) is 1. The zero-order valence-electron chi connectivity index (χ0n) is 5.81. The lowest BCUT2D eigenvalue weighted by molar-refractivity contribution is 0.379. The molecule has 1 aromatic rings. The number of aromatic nitrogens is 1. The molecule has 0 aliphatic rings. The van der Waals surface area contributed by atoms with Crippen molar-refractivity contribution in [3.8, 4) is 6.08 Å². The van der Waals surface area contributed by atoms with E-state index in [2.05, 4.69) is 13.6 Å². The summed E-state index contributed by atoms with van der Waals surface area (Å²) in [5.74, 6) is 0. The van der Waals surface area contributed by atoms with Crippen molar-refractivity contribution in [3.05, 3.63) is 12.0 Å². The van der Waals surface area contributed by atoms with Gasteiger partial charge >= 0.3 is 17.1 Å².